The third-order valence-electron chi connectivity index (χ3n) is 4.63. The summed E-state index contributed by atoms with van der Waals surface area (Å²) in [5, 5.41) is 7.55. The van der Waals surface area contributed by atoms with Crippen LogP contribution in [0, 0.1) is 0 Å². The van der Waals surface area contributed by atoms with Gasteiger partial charge in [-0.15, -0.1) is 0 Å². The van der Waals surface area contributed by atoms with Crippen molar-refractivity contribution < 1.29 is 4.74 Å². The molecule has 1 fully saturated rings. The van der Waals surface area contributed by atoms with E-state index in [1.165, 1.54) is 18.4 Å². The molecule has 132 valence electrons. The standard InChI is InChI=1S/C20H23BrN2OS/c1-2-24-18-11-5-15(6-12-18)20(13-3-4-14-20)23-19(25)22-17-9-7-16(21)8-10-17/h5-12H,2-4,13-14H2,1H3,(H2,22,23,25). The molecular formula is C20H23BrN2OS. The third kappa shape index (κ3) is 4.53. The summed E-state index contributed by atoms with van der Waals surface area (Å²) in [6, 6.07) is 16.4. The highest BCUT2D eigenvalue weighted by molar-refractivity contribution is 9.10. The fourth-order valence-electron chi connectivity index (χ4n) is 3.41. The summed E-state index contributed by atoms with van der Waals surface area (Å²) in [6.45, 7) is 2.68. The van der Waals surface area contributed by atoms with Gasteiger partial charge in [0.2, 0.25) is 0 Å². The zero-order valence-corrected chi connectivity index (χ0v) is 16.8. The van der Waals surface area contributed by atoms with E-state index in [2.05, 4.69) is 38.7 Å². The van der Waals surface area contributed by atoms with Crippen LogP contribution in [0.5, 0.6) is 5.75 Å². The molecule has 2 aromatic rings. The van der Waals surface area contributed by atoms with Crippen LogP contribution in [0.1, 0.15) is 38.2 Å². The maximum atomic E-state index is 5.59. The Hall–Kier alpha value is -1.59. The molecule has 3 nitrogen and oxygen atoms in total. The van der Waals surface area contributed by atoms with E-state index in [1.807, 2.05) is 43.3 Å². The Balaban J connectivity index is 1.73. The topological polar surface area (TPSA) is 33.3 Å². The first-order valence-corrected chi connectivity index (χ1v) is 9.89. The molecule has 1 saturated carbocycles. The molecule has 5 heteroatoms. The molecule has 1 aliphatic rings. The van der Waals surface area contributed by atoms with Gasteiger partial charge < -0.3 is 15.4 Å². The normalized spacial score (nSPS) is 15.6. The Labute approximate surface area is 163 Å². The number of hydrogen-bond acceptors (Lipinski definition) is 2. The molecule has 0 aromatic heterocycles. The minimum Gasteiger partial charge on any atom is -0.494 e. The van der Waals surface area contributed by atoms with Crippen molar-refractivity contribution in [3.05, 3.63) is 58.6 Å². The zero-order chi connectivity index (χ0) is 17.7. The molecule has 3 rings (SSSR count). The number of nitrogens with one attached hydrogen (secondary N) is 2. The van der Waals surface area contributed by atoms with Crippen molar-refractivity contribution in [2.75, 3.05) is 11.9 Å². The molecular weight excluding hydrogens is 396 g/mol. The molecule has 0 saturated heterocycles. The lowest BCUT2D eigenvalue weighted by Gasteiger charge is -2.32. The maximum Gasteiger partial charge on any atom is 0.171 e. The number of halogens is 1. The van der Waals surface area contributed by atoms with Crippen molar-refractivity contribution in [2.24, 2.45) is 0 Å². The third-order valence-corrected chi connectivity index (χ3v) is 5.36. The Morgan fingerprint density at radius 1 is 1.08 bits per heavy atom. The minimum absolute atomic E-state index is 0.0931. The lowest BCUT2D eigenvalue weighted by molar-refractivity contribution is 0.339. The van der Waals surface area contributed by atoms with E-state index in [4.69, 9.17) is 17.0 Å². The fraction of sp³-hybridized carbons (Fsp3) is 0.350. The summed E-state index contributed by atoms with van der Waals surface area (Å²) in [5.41, 5.74) is 2.17. The number of hydrogen-bond donors (Lipinski definition) is 2. The van der Waals surface area contributed by atoms with Gasteiger partial charge >= 0.3 is 0 Å². The van der Waals surface area contributed by atoms with Crippen LogP contribution < -0.4 is 15.4 Å². The molecule has 0 atom stereocenters. The highest BCUT2D eigenvalue weighted by atomic mass is 79.9. The largest absolute Gasteiger partial charge is 0.494 e. The second kappa shape index (κ2) is 8.19. The average Bonchev–Trinajstić information content (AvgIpc) is 3.07. The van der Waals surface area contributed by atoms with Gasteiger partial charge in [0, 0.05) is 10.2 Å². The highest BCUT2D eigenvalue weighted by Crippen LogP contribution is 2.39. The van der Waals surface area contributed by atoms with Gasteiger partial charge in [0.1, 0.15) is 5.75 Å². The van der Waals surface area contributed by atoms with E-state index >= 15 is 0 Å². The van der Waals surface area contributed by atoms with Gasteiger partial charge in [0.15, 0.2) is 5.11 Å². The van der Waals surface area contributed by atoms with Crippen LogP contribution in [0.2, 0.25) is 0 Å². The number of rotatable bonds is 5. The van der Waals surface area contributed by atoms with Crippen molar-refractivity contribution in [3.63, 3.8) is 0 Å². The molecule has 2 aromatic carbocycles. The van der Waals surface area contributed by atoms with Gasteiger partial charge in [-0.25, -0.2) is 0 Å². The van der Waals surface area contributed by atoms with Gasteiger partial charge in [0.05, 0.1) is 12.1 Å². The first-order chi connectivity index (χ1) is 12.1. The van der Waals surface area contributed by atoms with Crippen LogP contribution in [0.3, 0.4) is 0 Å². The van der Waals surface area contributed by atoms with Gasteiger partial charge in [-0.05, 0) is 73.9 Å². The molecule has 25 heavy (non-hydrogen) atoms. The van der Waals surface area contributed by atoms with Crippen molar-refractivity contribution in [2.45, 2.75) is 38.1 Å². The molecule has 0 aliphatic heterocycles. The summed E-state index contributed by atoms with van der Waals surface area (Å²) in [4.78, 5) is 0. The van der Waals surface area contributed by atoms with E-state index in [0.29, 0.717) is 11.7 Å². The van der Waals surface area contributed by atoms with Crippen LogP contribution >= 0.6 is 28.1 Å². The van der Waals surface area contributed by atoms with E-state index < -0.39 is 0 Å². The summed E-state index contributed by atoms with van der Waals surface area (Å²) >= 11 is 9.04. The summed E-state index contributed by atoms with van der Waals surface area (Å²) in [6.07, 6.45) is 4.59. The quantitative estimate of drug-likeness (QED) is 0.618. The Bertz CT molecular complexity index is 709. The van der Waals surface area contributed by atoms with Gasteiger partial charge in [-0.1, -0.05) is 40.9 Å². The Morgan fingerprint density at radius 3 is 2.32 bits per heavy atom. The van der Waals surface area contributed by atoms with E-state index in [0.717, 1.165) is 28.8 Å². The highest BCUT2D eigenvalue weighted by Gasteiger charge is 2.36. The lowest BCUT2D eigenvalue weighted by atomic mass is 9.88. The number of anilines is 1. The van der Waals surface area contributed by atoms with Crippen molar-refractivity contribution in [1.29, 1.82) is 0 Å². The van der Waals surface area contributed by atoms with E-state index in [-0.39, 0.29) is 5.54 Å². The molecule has 1 aliphatic carbocycles. The van der Waals surface area contributed by atoms with Gasteiger partial charge in [-0.2, -0.15) is 0 Å². The van der Waals surface area contributed by atoms with Crippen molar-refractivity contribution in [3.8, 4) is 5.75 Å². The molecule has 0 amide bonds. The van der Waals surface area contributed by atoms with Gasteiger partial charge in [0.25, 0.3) is 0 Å². The average molecular weight is 419 g/mol. The fourth-order valence-corrected chi connectivity index (χ4v) is 3.99. The van der Waals surface area contributed by atoms with Crippen LogP contribution in [0.15, 0.2) is 53.0 Å². The van der Waals surface area contributed by atoms with Crippen molar-refractivity contribution >= 4 is 38.9 Å². The second-order valence-electron chi connectivity index (χ2n) is 6.33. The second-order valence-corrected chi connectivity index (χ2v) is 7.66. The summed E-state index contributed by atoms with van der Waals surface area (Å²) in [7, 11) is 0. The monoisotopic (exact) mass is 418 g/mol. The number of benzene rings is 2. The molecule has 0 bridgehead atoms. The number of ether oxygens (including phenoxy) is 1. The Morgan fingerprint density at radius 2 is 1.72 bits per heavy atom. The van der Waals surface area contributed by atoms with Gasteiger partial charge in [-0.3, -0.25) is 0 Å². The van der Waals surface area contributed by atoms with Crippen molar-refractivity contribution in [1.82, 2.24) is 5.32 Å². The maximum absolute atomic E-state index is 5.59. The molecule has 0 spiro atoms. The molecule has 0 unspecified atom stereocenters. The van der Waals surface area contributed by atoms with Crippen LogP contribution in [-0.2, 0) is 5.54 Å². The smallest absolute Gasteiger partial charge is 0.171 e. The van der Waals surface area contributed by atoms with Crippen LogP contribution in [-0.4, -0.2) is 11.7 Å². The van der Waals surface area contributed by atoms with Crippen LogP contribution in [0.4, 0.5) is 5.69 Å². The number of thiocarbonyl (C=S) groups is 1. The summed E-state index contributed by atoms with van der Waals surface area (Å²) < 4.78 is 6.62. The molecule has 0 heterocycles. The summed E-state index contributed by atoms with van der Waals surface area (Å²) in [5.74, 6) is 0.912. The van der Waals surface area contributed by atoms with E-state index in [1.54, 1.807) is 0 Å². The first-order valence-electron chi connectivity index (χ1n) is 8.69. The minimum atomic E-state index is -0.0931. The lowest BCUT2D eigenvalue weighted by Crippen LogP contribution is -2.45. The molecule has 2 N–H and O–H groups in total. The predicted octanol–water partition coefficient (Wildman–Crippen LogP) is 5.60. The first kappa shape index (κ1) is 18.2. The van der Waals surface area contributed by atoms with E-state index in [9.17, 15) is 0 Å². The van der Waals surface area contributed by atoms with Crippen LogP contribution in [0.25, 0.3) is 0 Å². The Kier molecular flexibility index (Phi) is 5.97. The zero-order valence-electron chi connectivity index (χ0n) is 14.3. The predicted molar refractivity (Wildman–Crippen MR) is 111 cm³/mol. The SMILES string of the molecule is CCOc1ccc(C2(NC(=S)Nc3ccc(Br)cc3)CCCC2)cc1. The molecule has 0 radical (unpaired) electrons.